The first-order valence-corrected chi connectivity index (χ1v) is 4.88. The van der Waals surface area contributed by atoms with Crippen LogP contribution in [-0.2, 0) is 10.7 Å². The monoisotopic (exact) mass is 225 g/mol. The number of nitrogen functional groups attached to an aromatic ring is 1. The van der Waals surface area contributed by atoms with Gasteiger partial charge in [-0.2, -0.15) is 0 Å². The zero-order valence-electron chi connectivity index (χ0n) is 6.49. The second-order valence-corrected chi connectivity index (χ2v) is 3.90. The van der Waals surface area contributed by atoms with Crippen molar-refractivity contribution in [3.8, 4) is 0 Å². The Labute approximate surface area is 80.8 Å². The van der Waals surface area contributed by atoms with Gasteiger partial charge in [0.15, 0.2) is 0 Å². The van der Waals surface area contributed by atoms with Crippen LogP contribution in [0.5, 0.6) is 0 Å². The quantitative estimate of drug-likeness (QED) is 0.619. The van der Waals surface area contributed by atoms with Crippen molar-refractivity contribution in [3.05, 3.63) is 18.1 Å². The smallest absolute Gasteiger partial charge is 0.331 e. The zero-order valence-corrected chi connectivity index (χ0v) is 8.20. The van der Waals surface area contributed by atoms with Crippen LogP contribution in [0, 0.1) is 0 Å². The maximum absolute atomic E-state index is 10.5. The van der Waals surface area contributed by atoms with E-state index in [1.165, 1.54) is 12.4 Å². The van der Waals surface area contributed by atoms with Crippen molar-refractivity contribution in [3.63, 3.8) is 0 Å². The molecular formula is C5H9ClN3O3P. The van der Waals surface area contributed by atoms with Crippen molar-refractivity contribution >= 4 is 25.8 Å². The van der Waals surface area contributed by atoms with Gasteiger partial charge in [-0.15, -0.1) is 12.4 Å². The highest BCUT2D eigenvalue weighted by atomic mass is 35.5. The molecule has 0 amide bonds. The van der Waals surface area contributed by atoms with Crippen LogP contribution in [-0.4, -0.2) is 19.8 Å². The fourth-order valence-electron chi connectivity index (χ4n) is 0.657. The lowest BCUT2D eigenvalue weighted by Crippen LogP contribution is -1.96. The molecule has 0 aliphatic carbocycles. The molecule has 0 aliphatic heterocycles. The molecule has 1 rings (SSSR count). The predicted octanol–water partition coefficient (Wildman–Crippen LogP) is 0.158. The third-order valence-electron chi connectivity index (χ3n) is 1.09. The lowest BCUT2D eigenvalue weighted by Gasteiger charge is -2.01. The standard InChI is InChI=1S/C5H8N3O3P.ClH/c6-5-2-7-4(1-8-5)3-12(9,10)11;/h1-2H,3H2,(H2,6,8)(H2,9,10,11);1H. The zero-order chi connectivity index (χ0) is 9.19. The molecule has 0 saturated carbocycles. The topological polar surface area (TPSA) is 109 Å². The molecule has 0 spiro atoms. The molecule has 13 heavy (non-hydrogen) atoms. The minimum atomic E-state index is -4.05. The summed E-state index contributed by atoms with van der Waals surface area (Å²) in [5.74, 6) is 0.226. The molecule has 0 saturated heterocycles. The Morgan fingerprint density at radius 3 is 2.38 bits per heavy atom. The molecule has 1 aromatic heterocycles. The van der Waals surface area contributed by atoms with Gasteiger partial charge in [0.2, 0.25) is 0 Å². The fraction of sp³-hybridized carbons (Fsp3) is 0.200. The SMILES string of the molecule is Cl.Nc1cnc(CP(=O)(O)O)cn1. The number of hydrogen-bond donors (Lipinski definition) is 3. The van der Waals surface area contributed by atoms with E-state index in [0.29, 0.717) is 0 Å². The summed E-state index contributed by atoms with van der Waals surface area (Å²) >= 11 is 0. The van der Waals surface area contributed by atoms with E-state index in [1.54, 1.807) is 0 Å². The van der Waals surface area contributed by atoms with Gasteiger partial charge in [-0.3, -0.25) is 9.55 Å². The Hall–Kier alpha value is -0.680. The van der Waals surface area contributed by atoms with E-state index in [-0.39, 0.29) is 23.9 Å². The number of nitrogens with zero attached hydrogens (tertiary/aromatic N) is 2. The van der Waals surface area contributed by atoms with Crippen LogP contribution in [0.25, 0.3) is 0 Å². The molecule has 0 aliphatic rings. The van der Waals surface area contributed by atoms with Crippen LogP contribution >= 0.6 is 20.0 Å². The second-order valence-electron chi connectivity index (χ2n) is 2.26. The van der Waals surface area contributed by atoms with Gasteiger partial charge in [0.1, 0.15) is 5.82 Å². The highest BCUT2D eigenvalue weighted by Crippen LogP contribution is 2.38. The summed E-state index contributed by atoms with van der Waals surface area (Å²) in [5, 5.41) is 0. The third-order valence-corrected chi connectivity index (χ3v) is 1.83. The van der Waals surface area contributed by atoms with E-state index in [2.05, 4.69) is 9.97 Å². The Balaban J connectivity index is 0.00000144. The van der Waals surface area contributed by atoms with Crippen molar-refractivity contribution in [2.45, 2.75) is 6.16 Å². The van der Waals surface area contributed by atoms with Crippen LogP contribution in [0.1, 0.15) is 5.69 Å². The van der Waals surface area contributed by atoms with Crippen molar-refractivity contribution in [2.75, 3.05) is 5.73 Å². The maximum atomic E-state index is 10.5. The van der Waals surface area contributed by atoms with Crippen LogP contribution in [0.2, 0.25) is 0 Å². The molecule has 4 N–H and O–H groups in total. The van der Waals surface area contributed by atoms with Crippen LogP contribution in [0.3, 0.4) is 0 Å². The van der Waals surface area contributed by atoms with E-state index in [1.807, 2.05) is 0 Å². The maximum Gasteiger partial charge on any atom is 0.331 e. The van der Waals surface area contributed by atoms with E-state index in [4.69, 9.17) is 15.5 Å². The van der Waals surface area contributed by atoms with E-state index >= 15 is 0 Å². The average molecular weight is 226 g/mol. The molecule has 0 atom stereocenters. The molecule has 0 bridgehead atoms. The molecule has 0 unspecified atom stereocenters. The van der Waals surface area contributed by atoms with Gasteiger partial charge in [0.05, 0.1) is 24.2 Å². The Morgan fingerprint density at radius 1 is 1.38 bits per heavy atom. The largest absolute Gasteiger partial charge is 0.382 e. The summed E-state index contributed by atoms with van der Waals surface area (Å²) in [4.78, 5) is 24.4. The number of halogens is 1. The Morgan fingerprint density at radius 2 is 2.00 bits per heavy atom. The molecule has 6 nitrogen and oxygen atoms in total. The Bertz CT molecular complexity index is 311. The van der Waals surface area contributed by atoms with Gasteiger partial charge in [-0.1, -0.05) is 0 Å². The summed E-state index contributed by atoms with van der Waals surface area (Å²) in [6, 6.07) is 0. The molecule has 74 valence electrons. The van der Waals surface area contributed by atoms with Gasteiger partial charge in [0, 0.05) is 0 Å². The van der Waals surface area contributed by atoms with Gasteiger partial charge in [-0.25, -0.2) is 4.98 Å². The fourth-order valence-corrected chi connectivity index (χ4v) is 1.24. The van der Waals surface area contributed by atoms with Crippen molar-refractivity contribution < 1.29 is 14.4 Å². The highest BCUT2D eigenvalue weighted by molar-refractivity contribution is 7.50. The first-order valence-electron chi connectivity index (χ1n) is 3.08. The second kappa shape index (κ2) is 4.53. The minimum absolute atomic E-state index is 0. The number of aromatic nitrogens is 2. The molecule has 0 fully saturated rings. The van der Waals surface area contributed by atoms with E-state index in [9.17, 15) is 4.57 Å². The van der Waals surface area contributed by atoms with Crippen molar-refractivity contribution in [1.82, 2.24) is 9.97 Å². The van der Waals surface area contributed by atoms with Crippen molar-refractivity contribution in [2.24, 2.45) is 0 Å². The van der Waals surface area contributed by atoms with Crippen molar-refractivity contribution in [1.29, 1.82) is 0 Å². The molecular weight excluding hydrogens is 216 g/mol. The van der Waals surface area contributed by atoms with Gasteiger partial charge in [-0.05, 0) is 0 Å². The highest BCUT2D eigenvalue weighted by Gasteiger charge is 2.14. The first kappa shape index (κ1) is 12.3. The van der Waals surface area contributed by atoms with Crippen LogP contribution in [0.4, 0.5) is 5.82 Å². The summed E-state index contributed by atoms with van der Waals surface area (Å²) in [7, 11) is -4.05. The average Bonchev–Trinajstić information content (AvgIpc) is 1.91. The Kier molecular flexibility index (Phi) is 4.29. The lowest BCUT2D eigenvalue weighted by molar-refractivity contribution is 0.371. The molecule has 8 heteroatoms. The summed E-state index contributed by atoms with van der Waals surface area (Å²) in [6.07, 6.45) is 2.10. The molecule has 1 heterocycles. The van der Waals surface area contributed by atoms with Crippen LogP contribution in [0.15, 0.2) is 12.4 Å². The van der Waals surface area contributed by atoms with Gasteiger partial charge < -0.3 is 15.5 Å². The minimum Gasteiger partial charge on any atom is -0.382 e. The van der Waals surface area contributed by atoms with Gasteiger partial charge in [0.25, 0.3) is 0 Å². The number of hydrogen-bond acceptors (Lipinski definition) is 4. The summed E-state index contributed by atoms with van der Waals surface area (Å²) in [5.41, 5.74) is 5.46. The molecule has 0 aromatic carbocycles. The molecule has 1 aromatic rings. The van der Waals surface area contributed by atoms with E-state index in [0.717, 1.165) is 0 Å². The first-order chi connectivity index (χ1) is 5.47. The summed E-state index contributed by atoms with van der Waals surface area (Å²) < 4.78 is 10.5. The van der Waals surface area contributed by atoms with E-state index < -0.39 is 13.8 Å². The third kappa shape index (κ3) is 4.80. The number of rotatable bonds is 2. The number of anilines is 1. The van der Waals surface area contributed by atoms with Crippen LogP contribution < -0.4 is 5.73 Å². The molecule has 0 radical (unpaired) electrons. The normalized spacial score (nSPS) is 10.6. The lowest BCUT2D eigenvalue weighted by atomic mass is 10.5. The summed E-state index contributed by atoms with van der Waals surface area (Å²) in [6.45, 7) is 0. The number of nitrogens with two attached hydrogens (primary N) is 1. The van der Waals surface area contributed by atoms with Gasteiger partial charge >= 0.3 is 7.60 Å². The predicted molar refractivity (Wildman–Crippen MR) is 49.4 cm³/mol.